The quantitative estimate of drug-likeness (QED) is 0.276. The van der Waals surface area contributed by atoms with E-state index in [-0.39, 0.29) is 24.0 Å². The summed E-state index contributed by atoms with van der Waals surface area (Å²) in [6, 6.07) is 11.6. The Balaban J connectivity index is 0.00000450. The van der Waals surface area contributed by atoms with Crippen molar-refractivity contribution in [1.29, 1.82) is 0 Å². The SMILES string of the molecule is CCNC(=NCc1ccc(OC)c(OCC)c1)NCc1ccc(OC)cc1OC.I. The van der Waals surface area contributed by atoms with Crippen molar-refractivity contribution in [3.8, 4) is 23.0 Å². The van der Waals surface area contributed by atoms with E-state index in [0.29, 0.717) is 19.7 Å². The van der Waals surface area contributed by atoms with Gasteiger partial charge in [0.1, 0.15) is 11.5 Å². The number of benzene rings is 2. The molecule has 0 fully saturated rings. The summed E-state index contributed by atoms with van der Waals surface area (Å²) in [7, 11) is 4.92. The number of guanidine groups is 1. The van der Waals surface area contributed by atoms with Gasteiger partial charge in [0, 0.05) is 24.7 Å². The standard InChI is InChI=1S/C22H31N3O4.HI/c1-6-23-22(25-15-17-9-10-18(26-3)13-20(17)28-5)24-14-16-8-11-19(27-4)21(12-16)29-7-2;/h8-13H,6-7,14-15H2,1-5H3,(H2,23,24,25);1H. The Labute approximate surface area is 196 Å². The third kappa shape index (κ3) is 7.47. The van der Waals surface area contributed by atoms with Crippen LogP contribution in [-0.4, -0.2) is 40.4 Å². The van der Waals surface area contributed by atoms with Gasteiger partial charge in [-0.15, -0.1) is 24.0 Å². The topological polar surface area (TPSA) is 73.3 Å². The first kappa shape index (κ1) is 25.7. The predicted octanol–water partition coefficient (Wildman–Crippen LogP) is 3.98. The second-order valence-electron chi connectivity index (χ2n) is 6.14. The van der Waals surface area contributed by atoms with Crippen LogP contribution in [0.4, 0.5) is 0 Å². The zero-order chi connectivity index (χ0) is 21.1. The van der Waals surface area contributed by atoms with E-state index >= 15 is 0 Å². The summed E-state index contributed by atoms with van der Waals surface area (Å²) in [5.41, 5.74) is 2.05. The van der Waals surface area contributed by atoms with E-state index < -0.39 is 0 Å². The third-order valence-corrected chi connectivity index (χ3v) is 4.23. The molecule has 7 nitrogen and oxygen atoms in total. The Hall–Kier alpha value is -2.36. The molecule has 0 spiro atoms. The fraction of sp³-hybridized carbons (Fsp3) is 0.409. The summed E-state index contributed by atoms with van der Waals surface area (Å²) in [4.78, 5) is 4.68. The highest BCUT2D eigenvalue weighted by atomic mass is 127. The van der Waals surface area contributed by atoms with Gasteiger partial charge in [-0.2, -0.15) is 0 Å². The van der Waals surface area contributed by atoms with Crippen LogP contribution in [0.1, 0.15) is 25.0 Å². The molecule has 30 heavy (non-hydrogen) atoms. The van der Waals surface area contributed by atoms with Gasteiger partial charge in [-0.05, 0) is 43.7 Å². The second kappa shape index (κ2) is 13.8. The first-order chi connectivity index (χ1) is 14.1. The van der Waals surface area contributed by atoms with E-state index in [9.17, 15) is 0 Å². The van der Waals surface area contributed by atoms with Crippen LogP contribution in [0.25, 0.3) is 0 Å². The molecule has 2 N–H and O–H groups in total. The lowest BCUT2D eigenvalue weighted by Gasteiger charge is -2.14. The number of nitrogens with zero attached hydrogens (tertiary/aromatic N) is 1. The Morgan fingerprint density at radius 2 is 1.63 bits per heavy atom. The number of nitrogens with one attached hydrogen (secondary N) is 2. The van der Waals surface area contributed by atoms with Crippen LogP contribution in [0.2, 0.25) is 0 Å². The Morgan fingerprint density at radius 3 is 2.27 bits per heavy atom. The van der Waals surface area contributed by atoms with Crippen molar-refractivity contribution in [2.45, 2.75) is 26.9 Å². The lowest BCUT2D eigenvalue weighted by Crippen LogP contribution is -2.36. The van der Waals surface area contributed by atoms with Crippen LogP contribution in [0, 0.1) is 0 Å². The van der Waals surface area contributed by atoms with Gasteiger partial charge >= 0.3 is 0 Å². The van der Waals surface area contributed by atoms with Gasteiger partial charge in [-0.25, -0.2) is 4.99 Å². The molecule has 0 saturated carbocycles. The van der Waals surface area contributed by atoms with E-state index in [0.717, 1.165) is 46.6 Å². The average molecular weight is 529 g/mol. The van der Waals surface area contributed by atoms with Crippen LogP contribution in [-0.2, 0) is 13.1 Å². The Kier molecular flexibility index (Phi) is 11.8. The third-order valence-electron chi connectivity index (χ3n) is 4.23. The van der Waals surface area contributed by atoms with Crippen molar-refractivity contribution in [3.05, 3.63) is 47.5 Å². The van der Waals surface area contributed by atoms with Gasteiger partial charge in [0.25, 0.3) is 0 Å². The molecule has 0 saturated heterocycles. The van der Waals surface area contributed by atoms with E-state index in [2.05, 4.69) is 15.6 Å². The summed E-state index contributed by atoms with van der Waals surface area (Å²) in [6.07, 6.45) is 0. The minimum absolute atomic E-state index is 0. The minimum atomic E-state index is 0. The largest absolute Gasteiger partial charge is 0.497 e. The predicted molar refractivity (Wildman–Crippen MR) is 131 cm³/mol. The molecule has 0 bridgehead atoms. The van der Waals surface area contributed by atoms with Gasteiger partial charge in [-0.1, -0.05) is 6.07 Å². The van der Waals surface area contributed by atoms with Gasteiger partial charge in [0.15, 0.2) is 17.5 Å². The first-order valence-corrected chi connectivity index (χ1v) is 9.67. The molecule has 0 heterocycles. The smallest absolute Gasteiger partial charge is 0.191 e. The Morgan fingerprint density at radius 1 is 0.867 bits per heavy atom. The van der Waals surface area contributed by atoms with Crippen molar-refractivity contribution in [2.24, 2.45) is 4.99 Å². The van der Waals surface area contributed by atoms with Gasteiger partial charge in [0.05, 0.1) is 34.5 Å². The zero-order valence-corrected chi connectivity index (χ0v) is 20.6. The van der Waals surface area contributed by atoms with Gasteiger partial charge in [0.2, 0.25) is 0 Å². The summed E-state index contributed by atoms with van der Waals surface area (Å²) < 4.78 is 21.7. The van der Waals surface area contributed by atoms with Crippen LogP contribution < -0.4 is 29.6 Å². The normalized spacial score (nSPS) is 10.6. The number of ether oxygens (including phenoxy) is 4. The average Bonchev–Trinajstić information content (AvgIpc) is 2.76. The number of hydrogen-bond donors (Lipinski definition) is 2. The van der Waals surface area contributed by atoms with Crippen LogP contribution in [0.3, 0.4) is 0 Å². The summed E-state index contributed by atoms with van der Waals surface area (Å²) in [5.74, 6) is 3.69. The molecule has 0 radical (unpaired) electrons. The van der Waals surface area contributed by atoms with Gasteiger partial charge < -0.3 is 29.6 Å². The highest BCUT2D eigenvalue weighted by molar-refractivity contribution is 14.0. The van der Waals surface area contributed by atoms with E-state index in [1.54, 1.807) is 21.3 Å². The highest BCUT2D eigenvalue weighted by Gasteiger charge is 2.08. The van der Waals surface area contributed by atoms with Crippen molar-refractivity contribution in [2.75, 3.05) is 34.5 Å². The summed E-state index contributed by atoms with van der Waals surface area (Å²) in [6.45, 7) is 6.41. The molecule has 8 heteroatoms. The minimum Gasteiger partial charge on any atom is -0.497 e. The molecular formula is C22H32IN3O4. The maximum atomic E-state index is 5.64. The zero-order valence-electron chi connectivity index (χ0n) is 18.3. The van der Waals surface area contributed by atoms with Crippen LogP contribution in [0.5, 0.6) is 23.0 Å². The number of rotatable bonds is 10. The highest BCUT2D eigenvalue weighted by Crippen LogP contribution is 2.28. The van der Waals surface area contributed by atoms with Crippen molar-refractivity contribution in [1.82, 2.24) is 10.6 Å². The molecule has 2 aromatic carbocycles. The molecule has 166 valence electrons. The number of methoxy groups -OCH3 is 3. The molecule has 2 rings (SSSR count). The van der Waals surface area contributed by atoms with E-state index in [1.807, 2.05) is 50.2 Å². The van der Waals surface area contributed by atoms with E-state index in [4.69, 9.17) is 18.9 Å². The van der Waals surface area contributed by atoms with Gasteiger partial charge in [-0.3, -0.25) is 0 Å². The summed E-state index contributed by atoms with van der Waals surface area (Å²) >= 11 is 0. The summed E-state index contributed by atoms with van der Waals surface area (Å²) in [5, 5.41) is 6.61. The first-order valence-electron chi connectivity index (χ1n) is 9.67. The molecule has 2 aromatic rings. The molecule has 0 aromatic heterocycles. The van der Waals surface area contributed by atoms with Crippen molar-refractivity contribution in [3.63, 3.8) is 0 Å². The maximum absolute atomic E-state index is 5.64. The van der Waals surface area contributed by atoms with Crippen molar-refractivity contribution < 1.29 is 18.9 Å². The second-order valence-corrected chi connectivity index (χ2v) is 6.14. The maximum Gasteiger partial charge on any atom is 0.191 e. The molecule has 0 aliphatic carbocycles. The fourth-order valence-corrected chi connectivity index (χ4v) is 2.78. The number of hydrogen-bond acceptors (Lipinski definition) is 5. The van der Waals surface area contributed by atoms with Crippen LogP contribution in [0.15, 0.2) is 41.4 Å². The molecule has 0 aliphatic heterocycles. The molecule has 0 unspecified atom stereocenters. The number of halogens is 1. The molecule has 0 atom stereocenters. The molecule has 0 amide bonds. The molecular weight excluding hydrogens is 497 g/mol. The lowest BCUT2D eigenvalue weighted by atomic mass is 10.2. The Bertz CT molecular complexity index is 815. The monoisotopic (exact) mass is 529 g/mol. The number of aliphatic imine (C=N–C) groups is 1. The molecule has 0 aliphatic rings. The van der Waals surface area contributed by atoms with Crippen molar-refractivity contribution >= 4 is 29.9 Å². The van der Waals surface area contributed by atoms with Crippen LogP contribution >= 0.6 is 24.0 Å². The lowest BCUT2D eigenvalue weighted by molar-refractivity contribution is 0.310. The van der Waals surface area contributed by atoms with E-state index in [1.165, 1.54) is 0 Å². The fourth-order valence-electron chi connectivity index (χ4n) is 2.78.